The van der Waals surface area contributed by atoms with Gasteiger partial charge in [0.1, 0.15) is 0 Å². The Morgan fingerprint density at radius 2 is 1.78 bits per heavy atom. The van der Waals surface area contributed by atoms with Crippen molar-refractivity contribution in [3.05, 3.63) is 58.6 Å². The molecule has 0 aliphatic rings. The lowest BCUT2D eigenvalue weighted by Crippen LogP contribution is -1.83. The minimum absolute atomic E-state index is 0.685. The normalized spacial score (nSPS) is 10.1. The zero-order valence-electron chi connectivity index (χ0n) is 9.98. The molecule has 0 radical (unpaired) electrons. The van der Waals surface area contributed by atoms with Gasteiger partial charge in [0.2, 0.25) is 0 Å². The van der Waals surface area contributed by atoms with Crippen LogP contribution in [0.1, 0.15) is 18.1 Å². The van der Waals surface area contributed by atoms with Crippen molar-refractivity contribution >= 4 is 23.4 Å². The predicted octanol–water partition coefficient (Wildman–Crippen LogP) is 4.93. The van der Waals surface area contributed by atoms with E-state index in [4.69, 9.17) is 16.9 Å². The van der Waals surface area contributed by atoms with Crippen LogP contribution in [0, 0.1) is 11.3 Å². The van der Waals surface area contributed by atoms with E-state index < -0.39 is 0 Å². The summed E-state index contributed by atoms with van der Waals surface area (Å²) in [5.74, 6) is 0. The smallest absolute Gasteiger partial charge is 0.0991 e. The maximum Gasteiger partial charge on any atom is 0.0991 e. The second-order valence-electron chi connectivity index (χ2n) is 3.85. The van der Waals surface area contributed by atoms with Crippen LogP contribution in [-0.2, 0) is 6.42 Å². The molecule has 0 fully saturated rings. The average Bonchev–Trinajstić information content (AvgIpc) is 2.42. The van der Waals surface area contributed by atoms with Crippen molar-refractivity contribution in [2.45, 2.75) is 23.1 Å². The first-order chi connectivity index (χ1) is 8.72. The minimum atomic E-state index is 0.685. The van der Waals surface area contributed by atoms with E-state index in [1.807, 2.05) is 36.4 Å². The molecule has 0 bridgehead atoms. The Hall–Kier alpha value is -1.43. The van der Waals surface area contributed by atoms with Crippen LogP contribution in [0.25, 0.3) is 0 Å². The molecule has 0 saturated carbocycles. The summed E-state index contributed by atoms with van der Waals surface area (Å²) in [6, 6.07) is 15.8. The Bertz CT molecular complexity index is 584. The van der Waals surface area contributed by atoms with E-state index in [0.29, 0.717) is 5.56 Å². The van der Waals surface area contributed by atoms with Crippen molar-refractivity contribution in [1.29, 1.82) is 5.26 Å². The molecule has 0 saturated heterocycles. The Balaban J connectivity index is 2.20. The highest BCUT2D eigenvalue weighted by atomic mass is 35.5. The molecule has 3 heteroatoms. The van der Waals surface area contributed by atoms with E-state index in [2.05, 4.69) is 19.1 Å². The molecule has 0 unspecified atom stereocenters. The van der Waals surface area contributed by atoms with Gasteiger partial charge >= 0.3 is 0 Å². The summed E-state index contributed by atoms with van der Waals surface area (Å²) in [4.78, 5) is 2.29. The van der Waals surface area contributed by atoms with Crippen molar-refractivity contribution in [3.63, 3.8) is 0 Å². The van der Waals surface area contributed by atoms with E-state index in [1.54, 1.807) is 11.8 Å². The molecule has 0 spiro atoms. The number of hydrogen-bond acceptors (Lipinski definition) is 2. The predicted molar refractivity (Wildman–Crippen MR) is 76.1 cm³/mol. The first kappa shape index (κ1) is 13.0. The highest BCUT2D eigenvalue weighted by Crippen LogP contribution is 2.30. The van der Waals surface area contributed by atoms with Gasteiger partial charge < -0.3 is 0 Å². The van der Waals surface area contributed by atoms with E-state index in [-0.39, 0.29) is 0 Å². The number of hydrogen-bond donors (Lipinski definition) is 0. The molecule has 90 valence electrons. The summed E-state index contributed by atoms with van der Waals surface area (Å²) >= 11 is 7.77. The molecule has 0 aliphatic carbocycles. The highest BCUT2D eigenvalue weighted by molar-refractivity contribution is 7.99. The monoisotopic (exact) mass is 273 g/mol. The van der Waals surface area contributed by atoms with Crippen LogP contribution in [0.15, 0.2) is 52.3 Å². The average molecular weight is 274 g/mol. The molecule has 18 heavy (non-hydrogen) atoms. The van der Waals surface area contributed by atoms with Gasteiger partial charge in [-0.15, -0.1) is 0 Å². The summed E-state index contributed by atoms with van der Waals surface area (Å²) in [6.07, 6.45) is 0.931. The Morgan fingerprint density at radius 3 is 2.39 bits per heavy atom. The summed E-state index contributed by atoms with van der Waals surface area (Å²) in [5.41, 5.74) is 1.85. The molecule has 0 N–H and O–H groups in total. The molecular weight excluding hydrogens is 262 g/mol. The Kier molecular flexibility index (Phi) is 4.30. The van der Waals surface area contributed by atoms with Crippen molar-refractivity contribution < 1.29 is 0 Å². The Morgan fingerprint density at radius 1 is 1.11 bits per heavy atom. The molecule has 0 heterocycles. The number of nitriles is 1. The lowest BCUT2D eigenvalue weighted by molar-refractivity contribution is 1.12. The number of halogens is 1. The first-order valence-electron chi connectivity index (χ1n) is 5.69. The maximum atomic E-state index is 8.75. The third-order valence-electron chi connectivity index (χ3n) is 2.62. The van der Waals surface area contributed by atoms with Crippen LogP contribution in [0.4, 0.5) is 0 Å². The van der Waals surface area contributed by atoms with Crippen molar-refractivity contribution in [1.82, 2.24) is 0 Å². The molecule has 2 aromatic carbocycles. The quantitative estimate of drug-likeness (QED) is 0.792. The minimum Gasteiger partial charge on any atom is -0.192 e. The lowest BCUT2D eigenvalue weighted by Gasteiger charge is -2.05. The molecule has 2 rings (SSSR count). The van der Waals surface area contributed by atoms with E-state index >= 15 is 0 Å². The van der Waals surface area contributed by atoms with Gasteiger partial charge in [-0.3, -0.25) is 0 Å². The largest absolute Gasteiger partial charge is 0.192 e. The molecule has 0 amide bonds. The van der Waals surface area contributed by atoms with Gasteiger partial charge in [0, 0.05) is 14.8 Å². The summed E-state index contributed by atoms with van der Waals surface area (Å²) < 4.78 is 0. The van der Waals surface area contributed by atoms with Crippen LogP contribution in [0.5, 0.6) is 0 Å². The lowest BCUT2D eigenvalue weighted by atomic mass is 10.2. The molecule has 0 aliphatic heterocycles. The van der Waals surface area contributed by atoms with Crippen LogP contribution in [0.2, 0.25) is 5.02 Å². The standard InChI is InChI=1S/C15H12ClNS/c1-2-12-9-14(7-8-15(12)16)18-13-5-3-11(10-17)4-6-13/h3-9H,2H2,1H3. The third kappa shape index (κ3) is 3.07. The molecule has 0 atom stereocenters. The van der Waals surface area contributed by atoms with Crippen LogP contribution in [-0.4, -0.2) is 0 Å². The van der Waals surface area contributed by atoms with Gasteiger partial charge in [-0.05, 0) is 54.4 Å². The first-order valence-corrected chi connectivity index (χ1v) is 6.89. The van der Waals surface area contributed by atoms with Gasteiger partial charge in [0.05, 0.1) is 11.6 Å². The van der Waals surface area contributed by atoms with Gasteiger partial charge in [-0.1, -0.05) is 30.3 Å². The van der Waals surface area contributed by atoms with E-state index in [1.165, 1.54) is 4.90 Å². The van der Waals surface area contributed by atoms with E-state index in [9.17, 15) is 0 Å². The van der Waals surface area contributed by atoms with Gasteiger partial charge in [-0.2, -0.15) is 5.26 Å². The molecule has 2 aromatic rings. The maximum absolute atomic E-state index is 8.75. The number of nitrogens with zero attached hydrogens (tertiary/aromatic N) is 1. The number of benzene rings is 2. The fraction of sp³-hybridized carbons (Fsp3) is 0.133. The molecular formula is C15H12ClNS. The summed E-state index contributed by atoms with van der Waals surface area (Å²) in [7, 11) is 0. The molecule has 0 aromatic heterocycles. The molecule has 1 nitrogen and oxygen atoms in total. The van der Waals surface area contributed by atoms with Crippen molar-refractivity contribution in [2.24, 2.45) is 0 Å². The SMILES string of the molecule is CCc1cc(Sc2ccc(C#N)cc2)ccc1Cl. The fourth-order valence-electron chi connectivity index (χ4n) is 1.62. The fourth-order valence-corrected chi connectivity index (χ4v) is 2.75. The van der Waals surface area contributed by atoms with Crippen LogP contribution < -0.4 is 0 Å². The number of aryl methyl sites for hydroxylation is 1. The van der Waals surface area contributed by atoms with Crippen LogP contribution >= 0.6 is 23.4 Å². The summed E-state index contributed by atoms with van der Waals surface area (Å²) in [6.45, 7) is 2.09. The topological polar surface area (TPSA) is 23.8 Å². The van der Waals surface area contributed by atoms with Gasteiger partial charge in [-0.25, -0.2) is 0 Å². The van der Waals surface area contributed by atoms with Crippen LogP contribution in [0.3, 0.4) is 0 Å². The van der Waals surface area contributed by atoms with Crippen molar-refractivity contribution in [3.8, 4) is 6.07 Å². The van der Waals surface area contributed by atoms with E-state index in [0.717, 1.165) is 21.9 Å². The third-order valence-corrected chi connectivity index (χ3v) is 3.98. The Labute approximate surface area is 116 Å². The van der Waals surface area contributed by atoms with Gasteiger partial charge in [0.25, 0.3) is 0 Å². The van der Waals surface area contributed by atoms with Gasteiger partial charge in [0.15, 0.2) is 0 Å². The summed E-state index contributed by atoms with van der Waals surface area (Å²) in [5, 5.41) is 9.57. The van der Waals surface area contributed by atoms with Crippen molar-refractivity contribution in [2.75, 3.05) is 0 Å². The highest BCUT2D eigenvalue weighted by Gasteiger charge is 2.02. The second kappa shape index (κ2) is 5.95. The number of rotatable bonds is 3. The zero-order chi connectivity index (χ0) is 13.0. The second-order valence-corrected chi connectivity index (χ2v) is 5.40. The zero-order valence-corrected chi connectivity index (χ0v) is 11.6.